The fourth-order valence-electron chi connectivity index (χ4n) is 14.0. The Morgan fingerprint density at radius 3 is 0.483 bits per heavy atom. The van der Waals surface area contributed by atoms with Gasteiger partial charge in [0.25, 0.3) is 0 Å². The Morgan fingerprint density at radius 1 is 0.198 bits per heavy atom. The zero-order valence-electron chi connectivity index (χ0n) is 68.0. The minimum atomic E-state index is -5.62. The molecule has 3 fully saturated rings. The van der Waals surface area contributed by atoms with Gasteiger partial charge in [-0.2, -0.15) is 0 Å². The third kappa shape index (κ3) is 22.8. The van der Waals surface area contributed by atoms with Crippen molar-refractivity contribution >= 4 is 142 Å². The SMILES string of the molecule is C[Si](C)(CCOCCOCCO)O[Si]1(c2ccccc2)O[Si]2(c3ccccc3)O[Si](O[Si](C)(C)CCOCCOCCO)(c3ccccc3)O[Si](c3ccccc3)(O1)[Si]1(c3ccccc3)O[Si](O[Si](C)(C)CCOCCOCCO)(c3ccccc3)O[Si]2(c2ccccc2)O[Si](O[Si](C)(C)CCOCCOCCO)(c2ccccc2)O1. The van der Waals surface area contributed by atoms with E-state index in [0.717, 1.165) is 0 Å². The van der Waals surface area contributed by atoms with Gasteiger partial charge in [0.15, 0.2) is 33.3 Å². The lowest BCUT2D eigenvalue weighted by molar-refractivity contribution is 0.0361. The fourth-order valence-corrected chi connectivity index (χ4v) is 96.7. The number of ether oxygens (including phenoxy) is 8. The summed E-state index contributed by atoms with van der Waals surface area (Å²) in [6, 6.07) is 81.5. The highest BCUT2D eigenvalue weighted by Gasteiger charge is 2.89. The van der Waals surface area contributed by atoms with Gasteiger partial charge in [-0.05, 0) is 97.3 Å². The first-order chi connectivity index (χ1) is 56.1. The van der Waals surface area contributed by atoms with E-state index in [2.05, 4.69) is 52.4 Å². The monoisotopic (exact) mass is 1800 g/mol. The van der Waals surface area contributed by atoms with Crippen LogP contribution in [0.3, 0.4) is 0 Å². The molecule has 3 aliphatic rings. The quantitative estimate of drug-likeness (QED) is 0.0248. The summed E-state index contributed by atoms with van der Waals surface area (Å²) in [4.78, 5) is 0. The topological polar surface area (TPSA) is 266 Å². The minimum absolute atomic E-state index is 0.118. The van der Waals surface area contributed by atoms with Crippen LogP contribution in [0.5, 0.6) is 0 Å². The second-order valence-corrected chi connectivity index (χ2v) is 78.5. The number of benzene rings is 8. The molecule has 8 aromatic carbocycles. The van der Waals surface area contributed by atoms with Crippen molar-refractivity contribution in [1.82, 2.24) is 0 Å². The van der Waals surface area contributed by atoms with E-state index < -0.39 is 101 Å². The van der Waals surface area contributed by atoms with Crippen LogP contribution in [0.25, 0.3) is 0 Å². The van der Waals surface area contributed by atoms with E-state index in [4.69, 9.17) is 54.4 Å². The summed E-state index contributed by atoms with van der Waals surface area (Å²) in [6.45, 7) is 20.6. The first kappa shape index (κ1) is 92.1. The molecule has 0 amide bonds. The van der Waals surface area contributed by atoms with Crippen LogP contribution >= 0.6 is 0 Å². The third-order valence-corrected chi connectivity index (χ3v) is 82.5. The summed E-state index contributed by atoms with van der Waals surface area (Å²) in [6.07, 6.45) is 0. The number of fused-ring (bicyclic) bond motifs is 10. The Kier molecular flexibility index (Phi) is 34.1. The molecule has 0 unspecified atom stereocenters. The van der Waals surface area contributed by atoms with Crippen molar-refractivity contribution in [3.63, 3.8) is 0 Å². The lowest BCUT2D eigenvalue weighted by Gasteiger charge is -2.64. The van der Waals surface area contributed by atoms with Crippen molar-refractivity contribution in [2.24, 2.45) is 0 Å². The summed E-state index contributed by atoms with van der Waals surface area (Å²) in [5.41, 5.74) is 0. The van der Waals surface area contributed by atoms with Gasteiger partial charge in [0.1, 0.15) is 0 Å². The average molecular weight is 1800 g/mol. The van der Waals surface area contributed by atoms with Crippen molar-refractivity contribution in [2.75, 3.05) is 132 Å². The van der Waals surface area contributed by atoms with E-state index in [1.165, 1.54) is 0 Å². The fraction of sp³-hybridized carbons (Fsp3) is 0.400. The van der Waals surface area contributed by atoms with E-state index in [-0.39, 0.29) is 132 Å². The molecule has 116 heavy (non-hydrogen) atoms. The Morgan fingerprint density at radius 2 is 0.336 bits per heavy atom. The molecule has 0 spiro atoms. The van der Waals surface area contributed by atoms with Gasteiger partial charge in [-0.1, -0.05) is 243 Å². The predicted molar refractivity (Wildman–Crippen MR) is 472 cm³/mol. The molecule has 0 radical (unpaired) electrons. The molecule has 8 aromatic rings. The van der Waals surface area contributed by atoms with Gasteiger partial charge < -0.3 is 108 Å². The highest BCUT2D eigenvalue weighted by Crippen LogP contribution is 2.50. The molecule has 4 bridgehead atoms. The van der Waals surface area contributed by atoms with Gasteiger partial charge in [0.2, 0.25) is 0 Å². The summed E-state index contributed by atoms with van der Waals surface area (Å²) in [5.74, 6) is 0. The molecule has 0 aliphatic carbocycles. The molecule has 0 atom stereocenters. The van der Waals surface area contributed by atoms with Crippen LogP contribution in [0, 0.1) is 0 Å². The van der Waals surface area contributed by atoms with Gasteiger partial charge in [-0.3, -0.25) is 0 Å². The first-order valence-corrected chi connectivity index (χ1v) is 68.6. The van der Waals surface area contributed by atoms with Gasteiger partial charge in [-0.15, -0.1) is 0 Å². The summed E-state index contributed by atoms with van der Waals surface area (Å²) in [7, 11) is -57.1. The first-order valence-electron chi connectivity index (χ1n) is 40.0. The third-order valence-electron chi connectivity index (χ3n) is 19.7. The molecule has 0 saturated carbocycles. The highest BCUT2D eigenvalue weighted by atomic mass is 29.3. The second kappa shape index (κ2) is 42.9. The Hall–Kier alpha value is -4.60. The van der Waals surface area contributed by atoms with Crippen molar-refractivity contribution < 1.29 is 108 Å². The summed E-state index contributed by atoms with van der Waals surface area (Å²) in [5, 5.41) is 43.1. The van der Waals surface area contributed by atoms with Crippen LogP contribution < -0.4 is 41.5 Å². The van der Waals surface area contributed by atoms with Crippen LogP contribution in [-0.2, 0) is 87.3 Å². The minimum Gasteiger partial charge on any atom is -0.413 e. The van der Waals surface area contributed by atoms with Crippen LogP contribution in [-0.4, -0.2) is 253 Å². The summed E-state index contributed by atoms with van der Waals surface area (Å²) < 4.78 is 160. The van der Waals surface area contributed by atoms with Crippen LogP contribution in [0.15, 0.2) is 243 Å². The Bertz CT molecular complexity index is 3610. The normalized spacial score (nSPS) is 24.6. The summed E-state index contributed by atoms with van der Waals surface area (Å²) >= 11 is 0. The largest absolute Gasteiger partial charge is 0.509 e. The lowest BCUT2D eigenvalue weighted by Crippen LogP contribution is -3.01. The van der Waals surface area contributed by atoms with Crippen molar-refractivity contribution in [1.29, 1.82) is 0 Å². The molecule has 3 aliphatic heterocycles. The molecule has 3 saturated heterocycles. The smallest absolute Gasteiger partial charge is 0.413 e. The maximum atomic E-state index is 9.67. The van der Waals surface area contributed by atoms with Crippen molar-refractivity contribution in [3.05, 3.63) is 243 Å². The van der Waals surface area contributed by atoms with E-state index >= 15 is 0 Å². The zero-order valence-corrected chi connectivity index (χ0v) is 80.0. The maximum Gasteiger partial charge on any atom is 0.509 e. The number of aliphatic hydroxyl groups is 4. The lowest BCUT2D eigenvalue weighted by atomic mass is 10.4. The molecular formula is C80H116O24Si12. The Balaban J connectivity index is 1.39. The zero-order chi connectivity index (χ0) is 82.0. The van der Waals surface area contributed by atoms with Gasteiger partial charge in [0.05, 0.1) is 106 Å². The van der Waals surface area contributed by atoms with Gasteiger partial charge in [-0.25, -0.2) is 0 Å². The van der Waals surface area contributed by atoms with Crippen molar-refractivity contribution in [3.8, 4) is 0 Å². The van der Waals surface area contributed by atoms with Crippen molar-refractivity contribution in [2.45, 2.75) is 76.6 Å². The molecule has 628 valence electrons. The molecule has 36 heteroatoms. The van der Waals surface area contributed by atoms with E-state index in [0.29, 0.717) is 65.7 Å². The predicted octanol–water partition coefficient (Wildman–Crippen LogP) is 6.09. The average Bonchev–Trinajstić information content (AvgIpc) is 0.656. The second-order valence-electron chi connectivity index (χ2n) is 30.7. The van der Waals surface area contributed by atoms with E-state index in [1.54, 1.807) is 0 Å². The van der Waals surface area contributed by atoms with Crippen LogP contribution in [0.4, 0.5) is 0 Å². The molecule has 3 heterocycles. The number of hydrogen-bond donors (Lipinski definition) is 4. The van der Waals surface area contributed by atoms with E-state index in [9.17, 15) is 53.3 Å². The number of aliphatic hydroxyl groups excluding tert-OH is 4. The number of hydrogen-bond acceptors (Lipinski definition) is 24. The highest BCUT2D eigenvalue weighted by molar-refractivity contribution is 7.51. The molecule has 11 rings (SSSR count). The van der Waals surface area contributed by atoms with Crippen LogP contribution in [0.1, 0.15) is 0 Å². The van der Waals surface area contributed by atoms with E-state index in [1.807, 2.05) is 243 Å². The van der Waals surface area contributed by atoms with Crippen LogP contribution in [0.2, 0.25) is 76.6 Å². The molecule has 0 aromatic heterocycles. The molecule has 24 nitrogen and oxygen atoms in total. The Labute approximate surface area is 696 Å². The van der Waals surface area contributed by atoms with Gasteiger partial charge >= 0.3 is 67.5 Å². The maximum absolute atomic E-state index is 9.67. The number of rotatable bonds is 48. The standard InChI is InChI=1S/C80H116O24Si12/c1-105(2,69-65-89-61-57-85-53-49-81)93-109(73-33-17-9-18-34-73)97-113(77-41-25-13-26-42-77)99-110(74-35-19-10-20-36-74,94-106(3,4)70-66-90-62-58-86-54-50-82)100-114(98-109,78-43-27-14-28-44-78)116(80-47-31-16-32-48-80)102-111(75-37-21-11-22-38-75,95-107(5,6)71-67-91-63-59-87-55-51-83)101-115(113,79-45-29-15-30-46-79)103-112(104-116,76-39-23-12-24-40-76)96-108(7,8)72-68-92-64-60-88-56-52-84/h9-48,81-84H,49-72H2,1-8H3. The van der Waals surface area contributed by atoms with Gasteiger partial charge in [0, 0.05) is 47.2 Å². The molecular weight excluding hydrogens is 1680 g/mol. The molecule has 4 N–H and O–H groups in total.